The number of benzene rings is 2. The minimum absolute atomic E-state index is 0.265. The van der Waals surface area contributed by atoms with Crippen LogP contribution in [0.3, 0.4) is 0 Å². The van der Waals surface area contributed by atoms with Crippen molar-refractivity contribution < 1.29 is 9.90 Å². The van der Waals surface area contributed by atoms with E-state index < -0.39 is 5.72 Å². The van der Waals surface area contributed by atoms with Crippen molar-refractivity contribution >= 4 is 5.91 Å². The Morgan fingerprint density at radius 1 is 0.960 bits per heavy atom. The van der Waals surface area contributed by atoms with Gasteiger partial charge in [-0.1, -0.05) is 60.7 Å². The molecule has 1 amide bonds. The first-order valence-corrected chi connectivity index (χ1v) is 8.26. The van der Waals surface area contributed by atoms with Gasteiger partial charge in [-0.15, -0.1) is 0 Å². The largest absolute Gasteiger partial charge is 0.363 e. The lowest BCUT2D eigenvalue weighted by Gasteiger charge is -2.38. The highest BCUT2D eigenvalue weighted by Gasteiger charge is 2.52. The number of carbonyl (C=O) groups is 1. The smallest absolute Gasteiger partial charge is 0.276 e. The molecule has 2 heterocycles. The maximum absolute atomic E-state index is 13.1. The Hall–Kier alpha value is -2.98. The molecule has 1 aromatic heterocycles. The first-order chi connectivity index (χ1) is 12.1. The Labute approximate surface area is 146 Å². The second-order valence-electron chi connectivity index (χ2n) is 6.20. The van der Waals surface area contributed by atoms with Gasteiger partial charge in [-0.25, -0.2) is 0 Å². The van der Waals surface area contributed by atoms with Crippen LogP contribution in [0.4, 0.5) is 0 Å². The molecule has 0 aliphatic carbocycles. The van der Waals surface area contributed by atoms with Crippen LogP contribution < -0.4 is 0 Å². The molecule has 0 saturated heterocycles. The molecular weight excluding hydrogens is 312 g/mol. The zero-order valence-electron chi connectivity index (χ0n) is 13.8. The second-order valence-corrected chi connectivity index (χ2v) is 6.20. The number of fused-ring (bicyclic) bond motifs is 1. The average molecular weight is 330 g/mol. The lowest BCUT2D eigenvalue weighted by molar-refractivity contribution is -0.0677. The van der Waals surface area contributed by atoms with E-state index in [1.54, 1.807) is 18.3 Å². The van der Waals surface area contributed by atoms with Gasteiger partial charge in [-0.3, -0.25) is 14.7 Å². The summed E-state index contributed by atoms with van der Waals surface area (Å²) in [5.74, 6) is -0.265. The predicted molar refractivity (Wildman–Crippen MR) is 94.7 cm³/mol. The summed E-state index contributed by atoms with van der Waals surface area (Å²) in [4.78, 5) is 18.9. The summed E-state index contributed by atoms with van der Waals surface area (Å²) >= 11 is 0. The maximum Gasteiger partial charge on any atom is 0.276 e. The quantitative estimate of drug-likeness (QED) is 0.800. The van der Waals surface area contributed by atoms with Gasteiger partial charge in [-0.2, -0.15) is 0 Å². The first kappa shape index (κ1) is 15.5. The fraction of sp³-hybridized carbons (Fsp3) is 0.143. The Bertz CT molecular complexity index is 911. The molecule has 124 valence electrons. The van der Waals surface area contributed by atoms with Gasteiger partial charge in [0.1, 0.15) is 5.69 Å². The summed E-state index contributed by atoms with van der Waals surface area (Å²) in [6, 6.07) is 22.2. The summed E-state index contributed by atoms with van der Waals surface area (Å²) < 4.78 is 0. The number of carbonyl (C=O) groups excluding carboxylic acids is 1. The first-order valence-electron chi connectivity index (χ1n) is 8.26. The lowest BCUT2D eigenvalue weighted by atomic mass is 9.93. The van der Waals surface area contributed by atoms with Crippen molar-refractivity contribution in [1.82, 2.24) is 9.88 Å². The van der Waals surface area contributed by atoms with Gasteiger partial charge in [0.2, 0.25) is 0 Å². The van der Waals surface area contributed by atoms with Crippen LogP contribution in [0.5, 0.6) is 0 Å². The number of aliphatic hydroxyl groups is 1. The summed E-state index contributed by atoms with van der Waals surface area (Å²) in [7, 11) is 0. The van der Waals surface area contributed by atoms with Gasteiger partial charge >= 0.3 is 0 Å². The fourth-order valence-corrected chi connectivity index (χ4v) is 3.55. The number of rotatable bonds is 3. The van der Waals surface area contributed by atoms with Gasteiger partial charge in [0.25, 0.3) is 5.91 Å². The topological polar surface area (TPSA) is 53.4 Å². The third-order valence-electron chi connectivity index (χ3n) is 4.80. The monoisotopic (exact) mass is 330 g/mol. The fourth-order valence-electron chi connectivity index (χ4n) is 3.55. The molecule has 2 aromatic carbocycles. The predicted octanol–water partition coefficient (Wildman–Crippen LogP) is 3.49. The van der Waals surface area contributed by atoms with Crippen molar-refractivity contribution in [2.45, 2.75) is 18.7 Å². The van der Waals surface area contributed by atoms with Crippen LogP contribution in [0, 0.1) is 0 Å². The third kappa shape index (κ3) is 2.26. The zero-order chi connectivity index (χ0) is 17.4. The van der Waals surface area contributed by atoms with E-state index in [1.165, 1.54) is 4.90 Å². The molecule has 2 unspecified atom stereocenters. The van der Waals surface area contributed by atoms with Crippen LogP contribution in [0.15, 0.2) is 79.0 Å². The molecule has 0 bridgehead atoms. The van der Waals surface area contributed by atoms with Crippen molar-refractivity contribution in [3.63, 3.8) is 0 Å². The molecule has 0 radical (unpaired) electrons. The molecule has 25 heavy (non-hydrogen) atoms. The SMILES string of the molecule is CC(c1ccccc1)N1C(=O)c2ncccc2C1(O)c1ccccc1. The number of hydrogen-bond donors (Lipinski definition) is 1. The van der Waals surface area contributed by atoms with E-state index in [0.717, 1.165) is 5.56 Å². The maximum atomic E-state index is 13.1. The molecule has 3 aromatic rings. The summed E-state index contributed by atoms with van der Waals surface area (Å²) in [6.07, 6.45) is 1.58. The zero-order valence-corrected chi connectivity index (χ0v) is 13.8. The highest BCUT2D eigenvalue weighted by atomic mass is 16.3. The third-order valence-corrected chi connectivity index (χ3v) is 4.80. The number of pyridine rings is 1. The van der Waals surface area contributed by atoms with E-state index in [4.69, 9.17) is 0 Å². The molecule has 2 atom stereocenters. The van der Waals surface area contributed by atoms with E-state index in [1.807, 2.05) is 67.6 Å². The molecule has 4 nitrogen and oxygen atoms in total. The summed E-state index contributed by atoms with van der Waals surface area (Å²) in [6.45, 7) is 1.92. The molecule has 1 aliphatic rings. The van der Waals surface area contributed by atoms with Gasteiger partial charge in [0, 0.05) is 17.3 Å². The number of hydrogen-bond acceptors (Lipinski definition) is 3. The number of nitrogens with zero attached hydrogens (tertiary/aromatic N) is 2. The van der Waals surface area contributed by atoms with Crippen molar-refractivity contribution in [2.75, 3.05) is 0 Å². The Balaban J connectivity index is 1.92. The number of aromatic nitrogens is 1. The van der Waals surface area contributed by atoms with Crippen LogP contribution in [-0.2, 0) is 5.72 Å². The van der Waals surface area contributed by atoms with Crippen molar-refractivity contribution in [2.24, 2.45) is 0 Å². The molecule has 4 rings (SSSR count). The standard InChI is InChI=1S/C21H18N2O2/c1-15(16-9-4-2-5-10-16)23-20(24)19-18(13-8-14-22-19)21(23,25)17-11-6-3-7-12-17/h2-15,25H,1H3. The van der Waals surface area contributed by atoms with Gasteiger partial charge < -0.3 is 5.11 Å². The molecular formula is C21H18N2O2. The summed E-state index contributed by atoms with van der Waals surface area (Å²) in [5, 5.41) is 11.7. The van der Waals surface area contributed by atoms with E-state index in [2.05, 4.69) is 4.98 Å². The van der Waals surface area contributed by atoms with Crippen molar-refractivity contribution in [3.8, 4) is 0 Å². The highest BCUT2D eigenvalue weighted by Crippen LogP contribution is 2.45. The van der Waals surface area contributed by atoms with Crippen LogP contribution in [-0.4, -0.2) is 20.9 Å². The van der Waals surface area contributed by atoms with E-state index in [-0.39, 0.29) is 11.9 Å². The van der Waals surface area contributed by atoms with Crippen LogP contribution in [0.2, 0.25) is 0 Å². The Morgan fingerprint density at radius 2 is 1.60 bits per heavy atom. The van der Waals surface area contributed by atoms with E-state index >= 15 is 0 Å². The normalized spacial score (nSPS) is 20.4. The molecule has 1 aliphatic heterocycles. The molecule has 0 spiro atoms. The minimum Gasteiger partial charge on any atom is -0.363 e. The lowest BCUT2D eigenvalue weighted by Crippen LogP contribution is -2.46. The van der Waals surface area contributed by atoms with Gasteiger partial charge in [0.15, 0.2) is 5.72 Å². The van der Waals surface area contributed by atoms with Crippen molar-refractivity contribution in [3.05, 3.63) is 101 Å². The van der Waals surface area contributed by atoms with Crippen LogP contribution in [0.25, 0.3) is 0 Å². The minimum atomic E-state index is -1.54. The molecule has 4 heteroatoms. The molecule has 1 N–H and O–H groups in total. The van der Waals surface area contributed by atoms with E-state index in [0.29, 0.717) is 16.8 Å². The molecule has 0 fully saturated rings. The average Bonchev–Trinajstić information content (AvgIpc) is 2.91. The summed E-state index contributed by atoms with van der Waals surface area (Å²) in [5.41, 5.74) is 0.888. The highest BCUT2D eigenvalue weighted by molar-refractivity contribution is 5.98. The van der Waals surface area contributed by atoms with Crippen LogP contribution in [0.1, 0.15) is 40.1 Å². The van der Waals surface area contributed by atoms with Gasteiger partial charge in [0.05, 0.1) is 6.04 Å². The molecule has 0 saturated carbocycles. The van der Waals surface area contributed by atoms with Gasteiger partial charge in [-0.05, 0) is 24.6 Å². The van der Waals surface area contributed by atoms with Crippen molar-refractivity contribution in [1.29, 1.82) is 0 Å². The number of amides is 1. The van der Waals surface area contributed by atoms with E-state index in [9.17, 15) is 9.90 Å². The second kappa shape index (κ2) is 5.83. The van der Waals surface area contributed by atoms with Crippen LogP contribution >= 0.6 is 0 Å². The Morgan fingerprint density at radius 3 is 2.28 bits per heavy atom. The Kier molecular flexibility index (Phi) is 3.62.